The van der Waals surface area contributed by atoms with Gasteiger partial charge in [-0.05, 0) is 24.6 Å². The fourth-order valence-corrected chi connectivity index (χ4v) is 3.48. The molecule has 4 rings (SSSR count). The number of fused-ring (bicyclic) bond motifs is 1. The third kappa shape index (κ3) is 3.54. The molecule has 0 aliphatic carbocycles. The van der Waals surface area contributed by atoms with E-state index < -0.39 is 0 Å². The molecule has 1 atom stereocenters. The van der Waals surface area contributed by atoms with Crippen LogP contribution in [0.2, 0.25) is 0 Å². The van der Waals surface area contributed by atoms with Crippen LogP contribution in [0.5, 0.6) is 0 Å². The Morgan fingerprint density at radius 1 is 1.12 bits per heavy atom. The molecule has 0 aromatic carbocycles. The summed E-state index contributed by atoms with van der Waals surface area (Å²) in [5.74, 6) is 1.11. The fourth-order valence-electron chi connectivity index (χ4n) is 3.48. The third-order valence-corrected chi connectivity index (χ3v) is 4.91. The van der Waals surface area contributed by atoms with Gasteiger partial charge in [0.15, 0.2) is 0 Å². The Morgan fingerprint density at radius 2 is 1.96 bits per heavy atom. The standard InChI is InChI=1S/C19H24N6O/c1-15-19-21-10-18(14-26-13-16-3-5-20-6-4-16)25(19)8-7-24(15)12-17-9-22-23(2)11-17/h3-6,9-11,15H,7-8,12-14H2,1-2H3. The molecular weight excluding hydrogens is 328 g/mol. The number of aryl methyl sites for hydroxylation is 1. The van der Waals surface area contributed by atoms with Crippen molar-refractivity contribution < 1.29 is 4.74 Å². The van der Waals surface area contributed by atoms with Gasteiger partial charge in [-0.2, -0.15) is 5.10 Å². The fraction of sp³-hybridized carbons (Fsp3) is 0.421. The highest BCUT2D eigenvalue weighted by atomic mass is 16.5. The maximum atomic E-state index is 5.88. The molecule has 26 heavy (non-hydrogen) atoms. The molecule has 0 amide bonds. The first kappa shape index (κ1) is 16.9. The van der Waals surface area contributed by atoms with Crippen molar-refractivity contribution in [3.05, 3.63) is 65.8 Å². The van der Waals surface area contributed by atoms with Crippen LogP contribution in [0.25, 0.3) is 0 Å². The highest BCUT2D eigenvalue weighted by molar-refractivity contribution is 5.13. The van der Waals surface area contributed by atoms with E-state index in [4.69, 9.17) is 4.74 Å². The maximum Gasteiger partial charge on any atom is 0.126 e. The van der Waals surface area contributed by atoms with Crippen molar-refractivity contribution in [1.82, 2.24) is 29.2 Å². The van der Waals surface area contributed by atoms with Crippen molar-refractivity contribution in [1.29, 1.82) is 0 Å². The lowest BCUT2D eigenvalue weighted by atomic mass is 10.2. The molecule has 0 saturated heterocycles. The summed E-state index contributed by atoms with van der Waals surface area (Å²) in [5.41, 5.74) is 3.51. The summed E-state index contributed by atoms with van der Waals surface area (Å²) in [6.07, 6.45) is 9.54. The van der Waals surface area contributed by atoms with Gasteiger partial charge in [0.25, 0.3) is 0 Å². The average molecular weight is 352 g/mol. The van der Waals surface area contributed by atoms with Crippen LogP contribution in [0.1, 0.15) is 35.6 Å². The summed E-state index contributed by atoms with van der Waals surface area (Å²) in [6.45, 7) is 6.22. The van der Waals surface area contributed by atoms with Gasteiger partial charge in [0.2, 0.25) is 0 Å². The summed E-state index contributed by atoms with van der Waals surface area (Å²) < 4.78 is 10.0. The topological polar surface area (TPSA) is 61.0 Å². The van der Waals surface area contributed by atoms with Gasteiger partial charge >= 0.3 is 0 Å². The van der Waals surface area contributed by atoms with E-state index in [0.29, 0.717) is 13.2 Å². The Bertz CT molecular complexity index is 856. The molecule has 4 heterocycles. The number of nitrogens with zero attached hydrogens (tertiary/aromatic N) is 6. The second-order valence-electron chi connectivity index (χ2n) is 6.78. The van der Waals surface area contributed by atoms with Gasteiger partial charge in [0.1, 0.15) is 5.82 Å². The molecule has 0 fully saturated rings. The largest absolute Gasteiger partial charge is 0.370 e. The second kappa shape index (κ2) is 7.39. The third-order valence-electron chi connectivity index (χ3n) is 4.91. The van der Waals surface area contributed by atoms with Gasteiger partial charge in [-0.25, -0.2) is 4.98 Å². The summed E-state index contributed by atoms with van der Waals surface area (Å²) in [5, 5.41) is 4.26. The SMILES string of the molecule is CC1c2ncc(COCc3ccncc3)n2CCN1Cc1cnn(C)c1. The lowest BCUT2D eigenvalue weighted by Crippen LogP contribution is -2.37. The zero-order chi connectivity index (χ0) is 17.9. The molecule has 0 spiro atoms. The van der Waals surface area contributed by atoms with Crippen molar-refractivity contribution in [2.75, 3.05) is 6.54 Å². The van der Waals surface area contributed by atoms with Gasteiger partial charge in [0, 0.05) is 50.8 Å². The van der Waals surface area contributed by atoms with E-state index >= 15 is 0 Å². The zero-order valence-corrected chi connectivity index (χ0v) is 15.2. The smallest absolute Gasteiger partial charge is 0.126 e. The monoisotopic (exact) mass is 352 g/mol. The maximum absolute atomic E-state index is 5.88. The molecule has 0 N–H and O–H groups in total. The first-order valence-electron chi connectivity index (χ1n) is 8.93. The van der Waals surface area contributed by atoms with E-state index in [-0.39, 0.29) is 6.04 Å². The number of pyridine rings is 1. The Kier molecular flexibility index (Phi) is 4.81. The summed E-state index contributed by atoms with van der Waals surface area (Å²) in [7, 11) is 1.95. The number of ether oxygens (including phenoxy) is 1. The van der Waals surface area contributed by atoms with Crippen molar-refractivity contribution in [2.45, 2.75) is 39.3 Å². The van der Waals surface area contributed by atoms with Crippen LogP contribution in [0.15, 0.2) is 43.1 Å². The Balaban J connectivity index is 1.39. The summed E-state index contributed by atoms with van der Waals surface area (Å²) in [6, 6.07) is 4.23. The van der Waals surface area contributed by atoms with E-state index in [1.807, 2.05) is 36.3 Å². The summed E-state index contributed by atoms with van der Waals surface area (Å²) in [4.78, 5) is 11.1. The van der Waals surface area contributed by atoms with Crippen LogP contribution in [0.3, 0.4) is 0 Å². The molecule has 0 radical (unpaired) electrons. The Hall–Kier alpha value is -2.51. The van der Waals surface area contributed by atoms with Crippen LogP contribution in [-0.4, -0.2) is 35.8 Å². The molecule has 136 valence electrons. The minimum absolute atomic E-state index is 0.276. The van der Waals surface area contributed by atoms with Crippen molar-refractivity contribution in [3.8, 4) is 0 Å². The minimum atomic E-state index is 0.276. The molecule has 0 bridgehead atoms. The first-order chi connectivity index (χ1) is 12.7. The number of imidazole rings is 1. The predicted molar refractivity (Wildman–Crippen MR) is 97.0 cm³/mol. The molecular formula is C19H24N6O. The van der Waals surface area contributed by atoms with E-state index in [2.05, 4.69) is 37.7 Å². The number of rotatable bonds is 6. The van der Waals surface area contributed by atoms with Crippen LogP contribution in [-0.2, 0) is 38.1 Å². The van der Waals surface area contributed by atoms with Gasteiger partial charge in [-0.3, -0.25) is 14.6 Å². The van der Waals surface area contributed by atoms with Crippen LogP contribution in [0, 0.1) is 0 Å². The van der Waals surface area contributed by atoms with Crippen LogP contribution < -0.4 is 0 Å². The quantitative estimate of drug-likeness (QED) is 0.681. The van der Waals surface area contributed by atoms with Gasteiger partial charge in [-0.15, -0.1) is 0 Å². The Morgan fingerprint density at radius 3 is 2.73 bits per heavy atom. The highest BCUT2D eigenvalue weighted by Gasteiger charge is 2.27. The summed E-state index contributed by atoms with van der Waals surface area (Å²) >= 11 is 0. The van der Waals surface area contributed by atoms with Gasteiger partial charge in [-0.1, -0.05) is 0 Å². The van der Waals surface area contributed by atoms with Crippen molar-refractivity contribution >= 4 is 0 Å². The lowest BCUT2D eigenvalue weighted by Gasteiger charge is -2.34. The molecule has 1 unspecified atom stereocenters. The minimum Gasteiger partial charge on any atom is -0.370 e. The molecule has 1 aliphatic rings. The van der Waals surface area contributed by atoms with E-state index in [1.165, 1.54) is 5.56 Å². The highest BCUT2D eigenvalue weighted by Crippen LogP contribution is 2.27. The second-order valence-corrected chi connectivity index (χ2v) is 6.78. The van der Waals surface area contributed by atoms with E-state index in [1.54, 1.807) is 12.4 Å². The molecule has 7 nitrogen and oxygen atoms in total. The number of aromatic nitrogens is 5. The molecule has 0 saturated carbocycles. The van der Waals surface area contributed by atoms with Crippen LogP contribution >= 0.6 is 0 Å². The lowest BCUT2D eigenvalue weighted by molar-refractivity contribution is 0.0970. The van der Waals surface area contributed by atoms with Gasteiger partial charge < -0.3 is 9.30 Å². The molecule has 3 aromatic heterocycles. The molecule has 1 aliphatic heterocycles. The van der Waals surface area contributed by atoms with Crippen molar-refractivity contribution in [3.63, 3.8) is 0 Å². The normalized spacial score (nSPS) is 17.4. The first-order valence-corrected chi connectivity index (χ1v) is 8.93. The predicted octanol–water partition coefficient (Wildman–Crippen LogP) is 2.31. The van der Waals surface area contributed by atoms with Crippen molar-refractivity contribution in [2.24, 2.45) is 7.05 Å². The number of hydrogen-bond acceptors (Lipinski definition) is 5. The number of hydrogen-bond donors (Lipinski definition) is 0. The van der Waals surface area contributed by atoms with Crippen LogP contribution in [0.4, 0.5) is 0 Å². The average Bonchev–Trinajstić information content (AvgIpc) is 3.25. The van der Waals surface area contributed by atoms with E-state index in [0.717, 1.165) is 36.7 Å². The van der Waals surface area contributed by atoms with E-state index in [9.17, 15) is 0 Å². The Labute approximate surface area is 153 Å². The molecule has 7 heteroatoms. The zero-order valence-electron chi connectivity index (χ0n) is 15.2. The molecule has 3 aromatic rings. The van der Waals surface area contributed by atoms with Gasteiger partial charge in [0.05, 0.1) is 37.3 Å².